The Morgan fingerprint density at radius 3 is 2.60 bits per heavy atom. The number of hydrogen-bond donors (Lipinski definition) is 2. The summed E-state index contributed by atoms with van der Waals surface area (Å²) in [5.74, 6) is -0.0206. The Morgan fingerprint density at radius 1 is 1.27 bits per heavy atom. The zero-order valence-corrected chi connectivity index (χ0v) is 8.32. The van der Waals surface area contributed by atoms with Gasteiger partial charge in [0.05, 0.1) is 5.56 Å². The first-order valence-corrected chi connectivity index (χ1v) is 4.96. The van der Waals surface area contributed by atoms with Gasteiger partial charge in [-0.25, -0.2) is 0 Å². The quantitative estimate of drug-likeness (QED) is 0.647. The van der Waals surface area contributed by atoms with Gasteiger partial charge in [0, 0.05) is 38.4 Å². The number of nitrogens with one attached hydrogen (secondary N) is 2. The lowest BCUT2D eigenvalue weighted by Crippen LogP contribution is -2.46. The molecule has 2 rings (SSSR count). The van der Waals surface area contributed by atoms with Crippen molar-refractivity contribution >= 4 is 5.91 Å². The third kappa shape index (κ3) is 2.24. The second-order valence-electron chi connectivity index (χ2n) is 3.48. The molecular weight excluding hydrogens is 194 g/mol. The minimum absolute atomic E-state index is 0.0206. The molecule has 15 heavy (non-hydrogen) atoms. The van der Waals surface area contributed by atoms with Gasteiger partial charge in [-0.1, -0.05) is 0 Å². The van der Waals surface area contributed by atoms with Gasteiger partial charge in [-0.05, 0) is 6.07 Å². The van der Waals surface area contributed by atoms with Crippen LogP contribution in [0.15, 0.2) is 23.1 Å². The van der Waals surface area contributed by atoms with Gasteiger partial charge in [0.25, 0.3) is 5.91 Å². The molecule has 80 valence electrons. The summed E-state index contributed by atoms with van der Waals surface area (Å²) in [6.45, 7) is 3.10. The molecule has 1 saturated heterocycles. The molecule has 1 aromatic rings. The molecule has 1 aliphatic rings. The first kappa shape index (κ1) is 9.92. The number of hydrogen-bond acceptors (Lipinski definition) is 3. The number of pyridine rings is 1. The molecule has 5 heteroatoms. The highest BCUT2D eigenvalue weighted by atomic mass is 16.2. The summed E-state index contributed by atoms with van der Waals surface area (Å²) in [7, 11) is 0. The van der Waals surface area contributed by atoms with Crippen molar-refractivity contribution in [3.05, 3.63) is 34.2 Å². The van der Waals surface area contributed by atoms with Gasteiger partial charge in [-0.15, -0.1) is 0 Å². The van der Waals surface area contributed by atoms with Crippen LogP contribution in [-0.4, -0.2) is 42.0 Å². The Balaban J connectivity index is 2.12. The van der Waals surface area contributed by atoms with Crippen molar-refractivity contribution in [2.75, 3.05) is 26.2 Å². The van der Waals surface area contributed by atoms with Crippen LogP contribution in [0.5, 0.6) is 0 Å². The van der Waals surface area contributed by atoms with Crippen LogP contribution in [0.1, 0.15) is 10.4 Å². The normalized spacial score (nSPS) is 16.4. The minimum atomic E-state index is -0.188. The van der Waals surface area contributed by atoms with Gasteiger partial charge in [0.15, 0.2) is 0 Å². The summed E-state index contributed by atoms with van der Waals surface area (Å²) < 4.78 is 0. The Bertz CT molecular complexity index is 387. The van der Waals surface area contributed by atoms with Gasteiger partial charge in [0.2, 0.25) is 5.56 Å². The molecule has 2 heterocycles. The van der Waals surface area contributed by atoms with E-state index < -0.39 is 0 Å². The summed E-state index contributed by atoms with van der Waals surface area (Å²) in [4.78, 5) is 27.0. The van der Waals surface area contributed by atoms with Crippen molar-refractivity contribution < 1.29 is 4.79 Å². The molecule has 0 bridgehead atoms. The number of aromatic amines is 1. The van der Waals surface area contributed by atoms with E-state index in [1.54, 1.807) is 11.0 Å². The molecule has 0 aromatic carbocycles. The van der Waals surface area contributed by atoms with Crippen LogP contribution in [0, 0.1) is 0 Å². The lowest BCUT2D eigenvalue weighted by Gasteiger charge is -2.27. The molecule has 1 amide bonds. The maximum absolute atomic E-state index is 11.9. The van der Waals surface area contributed by atoms with Crippen LogP contribution < -0.4 is 10.9 Å². The number of H-pyrrole nitrogens is 1. The summed E-state index contributed by atoms with van der Waals surface area (Å²) >= 11 is 0. The molecule has 5 nitrogen and oxygen atoms in total. The van der Waals surface area contributed by atoms with Crippen molar-refractivity contribution in [3.63, 3.8) is 0 Å². The van der Waals surface area contributed by atoms with E-state index in [2.05, 4.69) is 10.3 Å². The first-order valence-electron chi connectivity index (χ1n) is 4.96. The number of carbonyl (C=O) groups excluding carboxylic acids is 1. The molecule has 1 fully saturated rings. The fourth-order valence-electron chi connectivity index (χ4n) is 1.59. The van der Waals surface area contributed by atoms with E-state index in [1.165, 1.54) is 12.3 Å². The average Bonchev–Trinajstić information content (AvgIpc) is 2.30. The van der Waals surface area contributed by atoms with Gasteiger partial charge < -0.3 is 15.2 Å². The Morgan fingerprint density at radius 2 is 2.00 bits per heavy atom. The molecule has 0 saturated carbocycles. The van der Waals surface area contributed by atoms with E-state index in [0.717, 1.165) is 26.2 Å². The van der Waals surface area contributed by atoms with Crippen LogP contribution in [0.25, 0.3) is 0 Å². The number of nitrogens with zero attached hydrogens (tertiary/aromatic N) is 1. The number of rotatable bonds is 1. The predicted octanol–water partition coefficient (Wildman–Crippen LogP) is -0.580. The van der Waals surface area contributed by atoms with Crippen molar-refractivity contribution in [1.82, 2.24) is 15.2 Å². The Hall–Kier alpha value is -1.62. The van der Waals surface area contributed by atoms with Gasteiger partial charge in [-0.2, -0.15) is 0 Å². The highest BCUT2D eigenvalue weighted by Crippen LogP contribution is 2.02. The largest absolute Gasteiger partial charge is 0.336 e. The van der Waals surface area contributed by atoms with E-state index in [1.807, 2.05) is 0 Å². The maximum atomic E-state index is 11.9. The van der Waals surface area contributed by atoms with Crippen molar-refractivity contribution in [3.8, 4) is 0 Å². The molecule has 2 N–H and O–H groups in total. The zero-order valence-electron chi connectivity index (χ0n) is 8.32. The maximum Gasteiger partial charge on any atom is 0.255 e. The molecule has 0 spiro atoms. The van der Waals surface area contributed by atoms with Crippen LogP contribution in [0.2, 0.25) is 0 Å². The van der Waals surface area contributed by atoms with Crippen LogP contribution >= 0.6 is 0 Å². The van der Waals surface area contributed by atoms with Crippen molar-refractivity contribution in [2.45, 2.75) is 0 Å². The smallest absolute Gasteiger partial charge is 0.255 e. The SMILES string of the molecule is O=C(c1ccc(=O)[nH]c1)N1CCNCC1. The first-order chi connectivity index (χ1) is 7.27. The van der Waals surface area contributed by atoms with Crippen LogP contribution in [0.4, 0.5) is 0 Å². The number of piperazine rings is 1. The molecule has 1 aliphatic heterocycles. The second kappa shape index (κ2) is 4.27. The molecule has 0 aliphatic carbocycles. The van der Waals surface area contributed by atoms with E-state index in [9.17, 15) is 9.59 Å². The minimum Gasteiger partial charge on any atom is -0.336 e. The third-order valence-corrected chi connectivity index (χ3v) is 2.44. The van der Waals surface area contributed by atoms with Crippen LogP contribution in [0.3, 0.4) is 0 Å². The zero-order chi connectivity index (χ0) is 10.7. The van der Waals surface area contributed by atoms with E-state index in [4.69, 9.17) is 0 Å². The van der Waals surface area contributed by atoms with Crippen LogP contribution in [-0.2, 0) is 0 Å². The monoisotopic (exact) mass is 207 g/mol. The fraction of sp³-hybridized carbons (Fsp3) is 0.400. The topological polar surface area (TPSA) is 65.2 Å². The third-order valence-electron chi connectivity index (χ3n) is 2.44. The summed E-state index contributed by atoms with van der Waals surface area (Å²) in [6, 6.07) is 2.93. The summed E-state index contributed by atoms with van der Waals surface area (Å²) in [5.41, 5.74) is 0.350. The predicted molar refractivity (Wildman–Crippen MR) is 55.8 cm³/mol. The highest BCUT2D eigenvalue weighted by Gasteiger charge is 2.17. The molecule has 0 atom stereocenters. The number of amides is 1. The average molecular weight is 207 g/mol. The van der Waals surface area contributed by atoms with Gasteiger partial charge >= 0.3 is 0 Å². The number of aromatic nitrogens is 1. The molecular formula is C10H13N3O2. The van der Waals surface area contributed by atoms with Gasteiger partial charge in [-0.3, -0.25) is 9.59 Å². The van der Waals surface area contributed by atoms with Crippen molar-refractivity contribution in [1.29, 1.82) is 0 Å². The number of carbonyl (C=O) groups is 1. The Kier molecular flexibility index (Phi) is 2.82. The van der Waals surface area contributed by atoms with Gasteiger partial charge in [0.1, 0.15) is 0 Å². The van der Waals surface area contributed by atoms with Crippen molar-refractivity contribution in [2.24, 2.45) is 0 Å². The second-order valence-corrected chi connectivity index (χ2v) is 3.48. The molecule has 1 aromatic heterocycles. The molecule has 0 radical (unpaired) electrons. The van der Waals surface area contributed by atoms with E-state index in [0.29, 0.717) is 5.56 Å². The fourth-order valence-corrected chi connectivity index (χ4v) is 1.59. The van der Waals surface area contributed by atoms with E-state index >= 15 is 0 Å². The highest BCUT2D eigenvalue weighted by molar-refractivity contribution is 5.93. The summed E-state index contributed by atoms with van der Waals surface area (Å²) in [5, 5.41) is 3.18. The lowest BCUT2D eigenvalue weighted by molar-refractivity contribution is 0.0735. The van der Waals surface area contributed by atoms with E-state index in [-0.39, 0.29) is 11.5 Å². The summed E-state index contributed by atoms with van der Waals surface area (Å²) in [6.07, 6.45) is 1.46. The molecule has 0 unspecified atom stereocenters. The Labute approximate surface area is 87.1 Å². The lowest BCUT2D eigenvalue weighted by atomic mass is 10.2. The standard InChI is InChI=1S/C10H13N3O2/c14-9-2-1-8(7-12-9)10(15)13-5-3-11-4-6-13/h1-2,7,11H,3-6H2,(H,12,14).